The average molecular weight is 242 g/mol. The summed E-state index contributed by atoms with van der Waals surface area (Å²) in [7, 11) is 0. The Kier molecular flexibility index (Phi) is 2.66. The van der Waals surface area contributed by atoms with Crippen LogP contribution in [0.1, 0.15) is 24.8 Å². The van der Waals surface area contributed by atoms with Gasteiger partial charge in [0.25, 0.3) is 0 Å². The van der Waals surface area contributed by atoms with E-state index in [4.69, 9.17) is 0 Å². The number of halogens is 1. The van der Waals surface area contributed by atoms with Gasteiger partial charge in [0.2, 0.25) is 0 Å². The molecule has 0 aromatic heterocycles. The number of carbonyl (C=O) groups is 1. The molecule has 1 fully saturated rings. The van der Waals surface area contributed by atoms with E-state index in [2.05, 4.69) is 0 Å². The summed E-state index contributed by atoms with van der Waals surface area (Å²) in [5.41, 5.74) is -0.0319. The lowest BCUT2D eigenvalue weighted by Gasteiger charge is -2.24. The molecule has 92 valence electrons. The van der Waals surface area contributed by atoms with E-state index in [0.717, 1.165) is 22.8 Å². The van der Waals surface area contributed by atoms with Crippen molar-refractivity contribution >= 4 is 16.6 Å². The van der Waals surface area contributed by atoms with Crippen molar-refractivity contribution < 1.29 is 9.18 Å². The molecule has 1 unspecified atom stereocenters. The molecule has 1 saturated carbocycles. The first-order valence-electron chi connectivity index (χ1n) is 6.35. The molecule has 1 nitrogen and oxygen atoms in total. The zero-order valence-electron chi connectivity index (χ0n) is 10.2. The number of rotatable bonds is 2. The Morgan fingerprint density at radius 1 is 1.11 bits per heavy atom. The van der Waals surface area contributed by atoms with Gasteiger partial charge in [-0.25, -0.2) is 4.39 Å². The predicted molar refractivity (Wildman–Crippen MR) is 70.5 cm³/mol. The maximum Gasteiger partial charge on any atom is 0.146 e. The lowest BCUT2D eigenvalue weighted by atomic mass is 9.78. The van der Waals surface area contributed by atoms with Crippen molar-refractivity contribution in [3.63, 3.8) is 0 Å². The second kappa shape index (κ2) is 4.20. The molecule has 0 aliphatic heterocycles. The Morgan fingerprint density at radius 3 is 2.56 bits per heavy atom. The summed E-state index contributed by atoms with van der Waals surface area (Å²) >= 11 is 0. The summed E-state index contributed by atoms with van der Waals surface area (Å²) < 4.78 is 13.5. The Bertz CT molecular complexity index is 605. The summed E-state index contributed by atoms with van der Waals surface area (Å²) in [6.45, 7) is -0.579. The highest BCUT2D eigenvalue weighted by Crippen LogP contribution is 2.39. The topological polar surface area (TPSA) is 17.1 Å². The lowest BCUT2D eigenvalue weighted by Crippen LogP contribution is -2.33. The van der Waals surface area contributed by atoms with Crippen LogP contribution in [0.3, 0.4) is 0 Å². The molecule has 2 aromatic carbocycles. The molecule has 0 spiro atoms. The van der Waals surface area contributed by atoms with Gasteiger partial charge in [-0.2, -0.15) is 0 Å². The number of benzene rings is 2. The van der Waals surface area contributed by atoms with E-state index in [0.29, 0.717) is 12.8 Å². The largest absolute Gasteiger partial charge is 0.299 e. The molecule has 0 saturated heterocycles. The lowest BCUT2D eigenvalue weighted by molar-refractivity contribution is -0.122. The SMILES string of the molecule is O=C1CCCC1(CF)c1ccc2ccccc2c1. The third-order valence-electron chi connectivity index (χ3n) is 4.07. The van der Waals surface area contributed by atoms with Crippen molar-refractivity contribution in [3.8, 4) is 0 Å². The smallest absolute Gasteiger partial charge is 0.146 e. The molecule has 0 bridgehead atoms. The monoisotopic (exact) mass is 242 g/mol. The van der Waals surface area contributed by atoms with Crippen LogP contribution in [-0.2, 0) is 10.2 Å². The Hall–Kier alpha value is -1.70. The van der Waals surface area contributed by atoms with Gasteiger partial charge in [-0.15, -0.1) is 0 Å². The fourth-order valence-corrected chi connectivity index (χ4v) is 2.94. The van der Waals surface area contributed by atoms with Gasteiger partial charge in [0.05, 0.1) is 5.41 Å². The molecule has 0 heterocycles. The van der Waals surface area contributed by atoms with Crippen molar-refractivity contribution in [3.05, 3.63) is 48.0 Å². The molecule has 1 aliphatic carbocycles. The van der Waals surface area contributed by atoms with Crippen LogP contribution in [0, 0.1) is 0 Å². The maximum atomic E-state index is 13.5. The van der Waals surface area contributed by atoms with Crippen LogP contribution in [-0.4, -0.2) is 12.5 Å². The van der Waals surface area contributed by atoms with Crippen LogP contribution in [0.25, 0.3) is 10.8 Å². The first-order chi connectivity index (χ1) is 8.76. The molecule has 2 aromatic rings. The van der Waals surface area contributed by atoms with E-state index in [1.807, 2.05) is 42.5 Å². The van der Waals surface area contributed by atoms with Gasteiger partial charge in [0.15, 0.2) is 0 Å². The number of hydrogen-bond donors (Lipinski definition) is 0. The highest BCUT2D eigenvalue weighted by molar-refractivity contribution is 5.94. The number of ketones is 1. The van der Waals surface area contributed by atoms with Gasteiger partial charge in [-0.3, -0.25) is 4.79 Å². The fourth-order valence-electron chi connectivity index (χ4n) is 2.94. The van der Waals surface area contributed by atoms with Gasteiger partial charge in [0.1, 0.15) is 12.5 Å². The minimum atomic E-state index is -0.871. The van der Waals surface area contributed by atoms with E-state index < -0.39 is 12.1 Å². The molecule has 0 amide bonds. The Morgan fingerprint density at radius 2 is 1.89 bits per heavy atom. The van der Waals surface area contributed by atoms with E-state index in [9.17, 15) is 9.18 Å². The van der Waals surface area contributed by atoms with Crippen LogP contribution in [0.15, 0.2) is 42.5 Å². The molecule has 0 N–H and O–H groups in total. The van der Waals surface area contributed by atoms with Crippen molar-refractivity contribution in [2.24, 2.45) is 0 Å². The number of carbonyl (C=O) groups excluding carboxylic acids is 1. The summed E-state index contributed by atoms with van der Waals surface area (Å²) in [6, 6.07) is 13.8. The normalized spacial score (nSPS) is 23.7. The van der Waals surface area contributed by atoms with E-state index in [1.54, 1.807) is 0 Å². The molecule has 0 radical (unpaired) electrons. The third kappa shape index (κ3) is 1.56. The van der Waals surface area contributed by atoms with Crippen molar-refractivity contribution in [1.82, 2.24) is 0 Å². The molecular formula is C16H15FO. The predicted octanol–water partition coefficient (Wildman–Crippen LogP) is 3.80. The van der Waals surface area contributed by atoms with Crippen molar-refractivity contribution in [2.45, 2.75) is 24.7 Å². The van der Waals surface area contributed by atoms with Crippen molar-refractivity contribution in [2.75, 3.05) is 6.67 Å². The summed E-state index contributed by atoms with van der Waals surface area (Å²) in [6.07, 6.45) is 1.95. The van der Waals surface area contributed by atoms with Crippen LogP contribution in [0.2, 0.25) is 0 Å². The van der Waals surface area contributed by atoms with Crippen LogP contribution < -0.4 is 0 Å². The zero-order chi connectivity index (χ0) is 12.6. The summed E-state index contributed by atoms with van der Waals surface area (Å²) in [5, 5.41) is 2.20. The van der Waals surface area contributed by atoms with E-state index in [1.165, 1.54) is 0 Å². The minimum absolute atomic E-state index is 0.0558. The first kappa shape index (κ1) is 11.4. The summed E-state index contributed by atoms with van der Waals surface area (Å²) in [5.74, 6) is 0.0558. The molecule has 2 heteroatoms. The van der Waals surface area contributed by atoms with Crippen LogP contribution >= 0.6 is 0 Å². The van der Waals surface area contributed by atoms with Gasteiger partial charge in [-0.1, -0.05) is 42.5 Å². The second-order valence-corrected chi connectivity index (χ2v) is 5.05. The van der Waals surface area contributed by atoms with Gasteiger partial charge in [-0.05, 0) is 29.2 Å². The van der Waals surface area contributed by atoms with E-state index in [-0.39, 0.29) is 5.78 Å². The zero-order valence-corrected chi connectivity index (χ0v) is 10.2. The van der Waals surface area contributed by atoms with Gasteiger partial charge < -0.3 is 0 Å². The summed E-state index contributed by atoms with van der Waals surface area (Å²) in [4.78, 5) is 12.0. The highest BCUT2D eigenvalue weighted by Gasteiger charge is 2.43. The number of hydrogen-bond acceptors (Lipinski definition) is 1. The average Bonchev–Trinajstić information content (AvgIpc) is 2.80. The van der Waals surface area contributed by atoms with Gasteiger partial charge in [0, 0.05) is 6.42 Å². The highest BCUT2D eigenvalue weighted by atomic mass is 19.1. The van der Waals surface area contributed by atoms with Crippen molar-refractivity contribution in [1.29, 1.82) is 0 Å². The third-order valence-corrected chi connectivity index (χ3v) is 4.07. The van der Waals surface area contributed by atoms with Crippen LogP contribution in [0.4, 0.5) is 4.39 Å². The number of Topliss-reactive ketones (excluding diaryl/α,β-unsaturated/α-hetero) is 1. The Labute approximate surface area is 106 Å². The maximum absolute atomic E-state index is 13.5. The van der Waals surface area contributed by atoms with Gasteiger partial charge >= 0.3 is 0 Å². The van der Waals surface area contributed by atoms with Crippen LogP contribution in [0.5, 0.6) is 0 Å². The number of alkyl halides is 1. The molecule has 1 aliphatic rings. The molecule has 18 heavy (non-hydrogen) atoms. The Balaban J connectivity index is 2.16. The standard InChI is InChI=1S/C16H15FO/c17-11-16(9-3-6-15(16)18)14-8-7-12-4-1-2-5-13(12)10-14/h1-2,4-5,7-8,10H,3,6,9,11H2. The first-order valence-corrected chi connectivity index (χ1v) is 6.35. The quantitative estimate of drug-likeness (QED) is 0.782. The molecule has 3 rings (SSSR count). The van der Waals surface area contributed by atoms with E-state index >= 15 is 0 Å². The number of fused-ring (bicyclic) bond motifs is 1. The fraction of sp³-hybridized carbons (Fsp3) is 0.312. The molecular weight excluding hydrogens is 227 g/mol. The molecule has 1 atom stereocenters. The second-order valence-electron chi connectivity index (χ2n) is 5.05. The minimum Gasteiger partial charge on any atom is -0.299 e.